The highest BCUT2D eigenvalue weighted by Gasteiger charge is 2.13. The smallest absolute Gasteiger partial charge is 0.305 e. The molecule has 0 amide bonds. The number of rotatable bonds is 4. The summed E-state index contributed by atoms with van der Waals surface area (Å²) in [5.41, 5.74) is 6.93. The summed E-state index contributed by atoms with van der Waals surface area (Å²) in [6.07, 6.45) is 2.83. The Labute approximate surface area is 125 Å². The molecule has 1 aromatic heterocycles. The molecule has 104 valence electrons. The average Bonchev–Trinajstić information content (AvgIpc) is 2.38. The van der Waals surface area contributed by atoms with E-state index >= 15 is 0 Å². The minimum absolute atomic E-state index is 0.176. The number of hydrogen-bond donors (Lipinski definition) is 2. The van der Waals surface area contributed by atoms with Gasteiger partial charge in [-0.2, -0.15) is 0 Å². The van der Waals surface area contributed by atoms with Crippen LogP contribution in [0.25, 0.3) is 11.4 Å². The van der Waals surface area contributed by atoms with Crippen molar-refractivity contribution in [3.8, 4) is 11.4 Å². The third-order valence-corrected chi connectivity index (χ3v) is 3.21. The van der Waals surface area contributed by atoms with Crippen LogP contribution in [0.4, 0.5) is 0 Å². The van der Waals surface area contributed by atoms with Crippen molar-refractivity contribution in [3.05, 3.63) is 46.2 Å². The maximum Gasteiger partial charge on any atom is 0.305 e. The quantitative estimate of drug-likeness (QED) is 0.906. The average molecular weight is 312 g/mol. The van der Waals surface area contributed by atoms with Gasteiger partial charge in [-0.1, -0.05) is 23.2 Å². The minimum Gasteiger partial charge on any atom is -0.481 e. The van der Waals surface area contributed by atoms with Gasteiger partial charge >= 0.3 is 5.97 Å². The predicted molar refractivity (Wildman–Crippen MR) is 76.7 cm³/mol. The summed E-state index contributed by atoms with van der Waals surface area (Å²) in [6, 6.07) is 4.38. The number of aromatic nitrogens is 2. The third-order valence-electron chi connectivity index (χ3n) is 2.67. The van der Waals surface area contributed by atoms with Crippen LogP contribution in [0, 0.1) is 0 Å². The number of halogens is 2. The second-order valence-corrected chi connectivity index (χ2v) is 5.01. The monoisotopic (exact) mass is 311 g/mol. The van der Waals surface area contributed by atoms with Gasteiger partial charge in [0.15, 0.2) is 5.82 Å². The van der Waals surface area contributed by atoms with E-state index in [1.807, 2.05) is 0 Å². The van der Waals surface area contributed by atoms with Crippen molar-refractivity contribution in [1.29, 1.82) is 0 Å². The molecule has 2 aromatic rings. The van der Waals surface area contributed by atoms with Crippen LogP contribution in [0.1, 0.15) is 18.0 Å². The molecule has 0 aliphatic heterocycles. The molecular weight excluding hydrogens is 301 g/mol. The lowest BCUT2D eigenvalue weighted by molar-refractivity contribution is -0.137. The fourth-order valence-electron chi connectivity index (χ4n) is 1.65. The fraction of sp³-hybridized carbons (Fsp3) is 0.154. The normalized spacial score (nSPS) is 12.2. The fourth-order valence-corrected chi connectivity index (χ4v) is 2.14. The first-order chi connectivity index (χ1) is 9.47. The van der Waals surface area contributed by atoms with Gasteiger partial charge in [-0.15, -0.1) is 0 Å². The Morgan fingerprint density at radius 1 is 1.30 bits per heavy atom. The lowest BCUT2D eigenvalue weighted by Crippen LogP contribution is -2.15. The Morgan fingerprint density at radius 2 is 1.95 bits per heavy atom. The first-order valence-electron chi connectivity index (χ1n) is 5.72. The van der Waals surface area contributed by atoms with Gasteiger partial charge in [0.1, 0.15) is 0 Å². The number of benzene rings is 1. The maximum atomic E-state index is 10.6. The summed E-state index contributed by atoms with van der Waals surface area (Å²) >= 11 is 11.9. The van der Waals surface area contributed by atoms with E-state index in [9.17, 15) is 4.79 Å². The van der Waals surface area contributed by atoms with E-state index < -0.39 is 12.0 Å². The second-order valence-electron chi connectivity index (χ2n) is 4.17. The summed E-state index contributed by atoms with van der Waals surface area (Å²) in [5, 5.41) is 9.66. The number of nitrogens with zero attached hydrogens (tertiary/aromatic N) is 2. The Hall–Kier alpha value is -1.69. The minimum atomic E-state index is -0.970. The van der Waals surface area contributed by atoms with Crippen molar-refractivity contribution in [2.75, 3.05) is 0 Å². The van der Waals surface area contributed by atoms with Crippen molar-refractivity contribution in [2.24, 2.45) is 5.73 Å². The highest BCUT2D eigenvalue weighted by molar-refractivity contribution is 6.36. The molecule has 0 fully saturated rings. The van der Waals surface area contributed by atoms with Crippen LogP contribution >= 0.6 is 23.2 Å². The molecule has 0 spiro atoms. The van der Waals surface area contributed by atoms with Crippen molar-refractivity contribution >= 4 is 29.2 Å². The molecule has 3 N–H and O–H groups in total. The van der Waals surface area contributed by atoms with Gasteiger partial charge < -0.3 is 10.8 Å². The summed E-state index contributed by atoms with van der Waals surface area (Å²) in [6.45, 7) is 0. The molecule has 0 radical (unpaired) electrons. The molecule has 0 aliphatic carbocycles. The molecule has 0 aliphatic rings. The molecule has 1 atom stereocenters. The molecule has 1 unspecified atom stereocenters. The molecule has 1 heterocycles. The summed E-state index contributed by atoms with van der Waals surface area (Å²) in [5.74, 6) is -0.541. The topological polar surface area (TPSA) is 89.1 Å². The van der Waals surface area contributed by atoms with Gasteiger partial charge in [-0.05, 0) is 18.2 Å². The second kappa shape index (κ2) is 6.17. The van der Waals surface area contributed by atoms with E-state index in [2.05, 4.69) is 9.97 Å². The van der Waals surface area contributed by atoms with Crippen LogP contribution in [0.2, 0.25) is 10.0 Å². The Morgan fingerprint density at radius 3 is 2.50 bits per heavy atom. The van der Waals surface area contributed by atoms with E-state index in [0.717, 1.165) is 0 Å². The lowest BCUT2D eigenvalue weighted by Gasteiger charge is -2.09. The largest absolute Gasteiger partial charge is 0.481 e. The van der Waals surface area contributed by atoms with Crippen LogP contribution in [0.15, 0.2) is 30.6 Å². The maximum absolute atomic E-state index is 10.6. The van der Waals surface area contributed by atoms with Gasteiger partial charge in [0.25, 0.3) is 0 Å². The standard InChI is InChI=1S/C13H11Cl2N3O2/c14-8-1-2-9(10(15)3-8)13-17-5-7(6-18-13)11(16)4-12(19)20/h1-3,5-6,11H,4,16H2,(H,19,20). The molecule has 0 saturated heterocycles. The van der Waals surface area contributed by atoms with Crippen LogP contribution in [-0.2, 0) is 4.79 Å². The van der Waals surface area contributed by atoms with Gasteiger partial charge in [-0.3, -0.25) is 4.79 Å². The first-order valence-corrected chi connectivity index (χ1v) is 6.47. The summed E-state index contributed by atoms with van der Waals surface area (Å²) in [4.78, 5) is 18.9. The van der Waals surface area contributed by atoms with Crippen LogP contribution in [0.3, 0.4) is 0 Å². The predicted octanol–water partition coefficient (Wildman–Crippen LogP) is 2.92. The van der Waals surface area contributed by atoms with Crippen LogP contribution in [-0.4, -0.2) is 21.0 Å². The van der Waals surface area contributed by atoms with E-state index in [0.29, 0.717) is 27.0 Å². The number of carboxylic acids is 1. The molecular formula is C13H11Cl2N3O2. The number of hydrogen-bond acceptors (Lipinski definition) is 4. The number of carboxylic acid groups (broad SMARTS) is 1. The highest BCUT2D eigenvalue weighted by atomic mass is 35.5. The molecule has 20 heavy (non-hydrogen) atoms. The molecule has 2 rings (SSSR count). The Kier molecular flexibility index (Phi) is 4.54. The molecule has 0 bridgehead atoms. The summed E-state index contributed by atoms with van der Waals surface area (Å²) < 4.78 is 0. The van der Waals surface area contributed by atoms with Gasteiger partial charge in [0.05, 0.1) is 11.4 Å². The number of aliphatic carboxylic acids is 1. The molecule has 0 saturated carbocycles. The third kappa shape index (κ3) is 3.45. The van der Waals surface area contributed by atoms with Crippen LogP contribution < -0.4 is 5.73 Å². The Balaban J connectivity index is 2.25. The molecule has 5 nitrogen and oxygen atoms in total. The summed E-state index contributed by atoms with van der Waals surface area (Å²) in [7, 11) is 0. The van der Waals surface area contributed by atoms with Crippen LogP contribution in [0.5, 0.6) is 0 Å². The van der Waals surface area contributed by atoms with Gasteiger partial charge in [-0.25, -0.2) is 9.97 Å². The molecule has 7 heteroatoms. The zero-order valence-electron chi connectivity index (χ0n) is 10.3. The zero-order chi connectivity index (χ0) is 14.7. The van der Waals surface area contributed by atoms with Crippen molar-refractivity contribution < 1.29 is 9.90 Å². The number of nitrogens with two attached hydrogens (primary N) is 1. The Bertz CT molecular complexity index is 632. The van der Waals surface area contributed by atoms with E-state index in [4.69, 9.17) is 34.0 Å². The lowest BCUT2D eigenvalue weighted by atomic mass is 10.1. The van der Waals surface area contributed by atoms with E-state index in [-0.39, 0.29) is 6.42 Å². The molecule has 1 aromatic carbocycles. The first kappa shape index (κ1) is 14.7. The zero-order valence-corrected chi connectivity index (χ0v) is 11.8. The van der Waals surface area contributed by atoms with E-state index in [1.165, 1.54) is 12.4 Å². The number of carbonyl (C=O) groups is 1. The van der Waals surface area contributed by atoms with Gasteiger partial charge in [0.2, 0.25) is 0 Å². The van der Waals surface area contributed by atoms with Crippen molar-refractivity contribution in [3.63, 3.8) is 0 Å². The van der Waals surface area contributed by atoms with Gasteiger partial charge in [0, 0.05) is 34.6 Å². The van der Waals surface area contributed by atoms with Crippen molar-refractivity contribution in [2.45, 2.75) is 12.5 Å². The SMILES string of the molecule is NC(CC(=O)O)c1cnc(-c2ccc(Cl)cc2Cl)nc1. The van der Waals surface area contributed by atoms with Crippen molar-refractivity contribution in [1.82, 2.24) is 9.97 Å². The highest BCUT2D eigenvalue weighted by Crippen LogP contribution is 2.28. The van der Waals surface area contributed by atoms with E-state index in [1.54, 1.807) is 18.2 Å².